The number of hydrogen-bond donors (Lipinski definition) is 2. The minimum absolute atomic E-state index is 0.277. The van der Waals surface area contributed by atoms with Gasteiger partial charge in [0, 0.05) is 6.04 Å². The third-order valence-corrected chi connectivity index (χ3v) is 2.41. The van der Waals surface area contributed by atoms with E-state index in [1.807, 2.05) is 0 Å². The number of rotatable bonds is 2. The third kappa shape index (κ3) is 2.77. The van der Waals surface area contributed by atoms with Crippen molar-refractivity contribution in [2.75, 3.05) is 0 Å². The van der Waals surface area contributed by atoms with E-state index in [4.69, 9.17) is 4.55 Å². The van der Waals surface area contributed by atoms with Crippen molar-refractivity contribution in [1.29, 1.82) is 0 Å². The van der Waals surface area contributed by atoms with Crippen molar-refractivity contribution in [3.8, 4) is 0 Å². The van der Waals surface area contributed by atoms with Crippen LogP contribution in [0.4, 0.5) is 0 Å². The van der Waals surface area contributed by atoms with Gasteiger partial charge in [-0.05, 0) is 12.8 Å². The Hall–Kier alpha value is 0.0700. The second-order valence-electron chi connectivity index (χ2n) is 2.70. The van der Waals surface area contributed by atoms with Crippen LogP contribution in [0.5, 0.6) is 0 Å². The molecule has 1 atom stereocenters. The third-order valence-electron chi connectivity index (χ3n) is 1.87. The molecule has 1 saturated carbocycles. The second-order valence-corrected chi connectivity index (χ2v) is 3.44. The van der Waals surface area contributed by atoms with Gasteiger partial charge in [-0.2, -0.15) is 0 Å². The van der Waals surface area contributed by atoms with Crippen molar-refractivity contribution in [3.63, 3.8) is 0 Å². The molecule has 1 fully saturated rings. The Labute approximate surface area is 63.6 Å². The van der Waals surface area contributed by atoms with Crippen LogP contribution in [0.2, 0.25) is 0 Å². The van der Waals surface area contributed by atoms with Gasteiger partial charge in [0.2, 0.25) is 11.3 Å². The first-order valence-corrected chi connectivity index (χ1v) is 4.77. The van der Waals surface area contributed by atoms with Crippen molar-refractivity contribution in [1.82, 2.24) is 4.72 Å². The fourth-order valence-corrected chi connectivity index (χ4v) is 1.88. The molecule has 0 bridgehead atoms. The molecule has 0 aromatic rings. The molecule has 3 nitrogen and oxygen atoms in total. The topological polar surface area (TPSA) is 49.3 Å². The SMILES string of the molecule is O=S(O)NC1CCCCC1. The predicted octanol–water partition coefficient (Wildman–Crippen LogP) is 1.05. The molecule has 0 aliphatic heterocycles. The van der Waals surface area contributed by atoms with Crippen LogP contribution in [0, 0.1) is 0 Å². The van der Waals surface area contributed by atoms with Gasteiger partial charge >= 0.3 is 0 Å². The van der Waals surface area contributed by atoms with Crippen LogP contribution in [-0.2, 0) is 11.3 Å². The molecule has 0 spiro atoms. The fraction of sp³-hybridized carbons (Fsp3) is 1.00. The molecule has 1 aliphatic carbocycles. The molecule has 4 heteroatoms. The molecule has 0 heterocycles. The zero-order chi connectivity index (χ0) is 7.40. The van der Waals surface area contributed by atoms with Crippen LogP contribution in [0.25, 0.3) is 0 Å². The van der Waals surface area contributed by atoms with Gasteiger partial charge in [-0.3, -0.25) is 4.55 Å². The highest BCUT2D eigenvalue weighted by Gasteiger charge is 2.13. The smallest absolute Gasteiger partial charge is 0.231 e. The van der Waals surface area contributed by atoms with Crippen LogP contribution in [0.1, 0.15) is 32.1 Å². The van der Waals surface area contributed by atoms with E-state index in [2.05, 4.69) is 4.72 Å². The molecular weight excluding hydrogens is 150 g/mol. The number of hydrogen-bond acceptors (Lipinski definition) is 1. The standard InChI is InChI=1S/C6H13NO2S/c8-10(9)7-6-4-2-1-3-5-6/h6-7H,1-5H2,(H,8,9). The lowest BCUT2D eigenvalue weighted by atomic mass is 9.96. The van der Waals surface area contributed by atoms with Gasteiger partial charge in [-0.1, -0.05) is 19.3 Å². The summed E-state index contributed by atoms with van der Waals surface area (Å²) in [6.45, 7) is 0. The van der Waals surface area contributed by atoms with Crippen LogP contribution >= 0.6 is 0 Å². The van der Waals surface area contributed by atoms with Crippen LogP contribution < -0.4 is 4.72 Å². The molecule has 60 valence electrons. The first kappa shape index (κ1) is 8.17. The Bertz CT molecular complexity index is 123. The Morgan fingerprint density at radius 1 is 1.30 bits per heavy atom. The van der Waals surface area contributed by atoms with Gasteiger partial charge in [0.05, 0.1) is 0 Å². The Kier molecular flexibility index (Phi) is 3.31. The monoisotopic (exact) mass is 163 g/mol. The summed E-state index contributed by atoms with van der Waals surface area (Å²) < 4.78 is 21.3. The predicted molar refractivity (Wildman–Crippen MR) is 40.8 cm³/mol. The lowest BCUT2D eigenvalue weighted by Gasteiger charge is -2.20. The van der Waals surface area contributed by atoms with Crippen LogP contribution in [0.3, 0.4) is 0 Å². The number of nitrogens with one attached hydrogen (secondary N) is 1. The average molecular weight is 163 g/mol. The maximum absolute atomic E-state index is 10.3. The fourth-order valence-electron chi connectivity index (χ4n) is 1.36. The Morgan fingerprint density at radius 2 is 1.90 bits per heavy atom. The van der Waals surface area contributed by atoms with E-state index < -0.39 is 11.3 Å². The van der Waals surface area contributed by atoms with Crippen molar-refractivity contribution in [2.45, 2.75) is 38.1 Å². The summed E-state index contributed by atoms with van der Waals surface area (Å²) in [7, 11) is 0. The van der Waals surface area contributed by atoms with Crippen molar-refractivity contribution < 1.29 is 8.76 Å². The summed E-state index contributed by atoms with van der Waals surface area (Å²) in [5.74, 6) is 0. The average Bonchev–Trinajstić information content (AvgIpc) is 1.88. The summed E-state index contributed by atoms with van der Waals surface area (Å²) in [6.07, 6.45) is 5.75. The van der Waals surface area contributed by atoms with Gasteiger partial charge in [0.25, 0.3) is 0 Å². The largest absolute Gasteiger partial charge is 0.294 e. The lowest BCUT2D eigenvalue weighted by Crippen LogP contribution is -2.32. The van der Waals surface area contributed by atoms with E-state index in [-0.39, 0.29) is 6.04 Å². The van der Waals surface area contributed by atoms with Gasteiger partial charge in [-0.25, -0.2) is 8.93 Å². The first-order valence-electron chi connectivity index (χ1n) is 3.66. The van der Waals surface area contributed by atoms with E-state index in [0.29, 0.717) is 0 Å². The van der Waals surface area contributed by atoms with Crippen molar-refractivity contribution in [3.05, 3.63) is 0 Å². The highest BCUT2D eigenvalue weighted by Crippen LogP contribution is 2.17. The summed E-state index contributed by atoms with van der Waals surface area (Å²) in [6, 6.07) is 0.277. The quantitative estimate of drug-likeness (QED) is 0.598. The van der Waals surface area contributed by atoms with Gasteiger partial charge in [0.15, 0.2) is 0 Å². The molecule has 0 saturated heterocycles. The molecule has 0 amide bonds. The molecule has 0 radical (unpaired) electrons. The van der Waals surface area contributed by atoms with Crippen molar-refractivity contribution in [2.24, 2.45) is 0 Å². The first-order chi connectivity index (χ1) is 4.79. The van der Waals surface area contributed by atoms with E-state index in [0.717, 1.165) is 12.8 Å². The van der Waals surface area contributed by atoms with Gasteiger partial charge < -0.3 is 0 Å². The summed E-state index contributed by atoms with van der Waals surface area (Å²) >= 11 is -1.81. The second kappa shape index (κ2) is 4.05. The maximum atomic E-state index is 10.3. The molecule has 1 aliphatic rings. The molecule has 0 aromatic heterocycles. The zero-order valence-electron chi connectivity index (χ0n) is 5.88. The molecule has 0 aromatic carbocycles. The minimum atomic E-state index is -1.81. The Morgan fingerprint density at radius 3 is 2.40 bits per heavy atom. The highest BCUT2D eigenvalue weighted by atomic mass is 32.2. The van der Waals surface area contributed by atoms with Gasteiger partial charge in [0.1, 0.15) is 0 Å². The summed E-state index contributed by atoms with van der Waals surface area (Å²) in [5, 5.41) is 0. The van der Waals surface area contributed by atoms with Crippen LogP contribution in [0.15, 0.2) is 0 Å². The maximum Gasteiger partial charge on any atom is 0.231 e. The molecule has 1 unspecified atom stereocenters. The van der Waals surface area contributed by atoms with E-state index in [1.54, 1.807) is 0 Å². The van der Waals surface area contributed by atoms with E-state index >= 15 is 0 Å². The minimum Gasteiger partial charge on any atom is -0.294 e. The molecule has 10 heavy (non-hydrogen) atoms. The lowest BCUT2D eigenvalue weighted by molar-refractivity contribution is 0.408. The van der Waals surface area contributed by atoms with Crippen molar-refractivity contribution >= 4 is 11.3 Å². The van der Waals surface area contributed by atoms with E-state index in [9.17, 15) is 4.21 Å². The highest BCUT2D eigenvalue weighted by molar-refractivity contribution is 7.77. The molecular formula is C6H13NO2S. The summed E-state index contributed by atoms with van der Waals surface area (Å²) in [5.41, 5.74) is 0. The molecule has 1 rings (SSSR count). The van der Waals surface area contributed by atoms with Crippen LogP contribution in [-0.4, -0.2) is 14.8 Å². The molecule has 2 N–H and O–H groups in total. The van der Waals surface area contributed by atoms with E-state index in [1.165, 1.54) is 19.3 Å². The van der Waals surface area contributed by atoms with Gasteiger partial charge in [-0.15, -0.1) is 0 Å². The zero-order valence-corrected chi connectivity index (χ0v) is 6.69. The Balaban J connectivity index is 2.19. The normalized spacial score (nSPS) is 24.5. The summed E-state index contributed by atoms with van der Waals surface area (Å²) in [4.78, 5) is 0.